The van der Waals surface area contributed by atoms with E-state index in [1.54, 1.807) is 11.8 Å². The van der Waals surface area contributed by atoms with Crippen molar-refractivity contribution >= 4 is 28.7 Å². The van der Waals surface area contributed by atoms with Crippen molar-refractivity contribution in [3.8, 4) is 0 Å². The number of likely N-dealkylation sites (tertiary alicyclic amines) is 1. The van der Waals surface area contributed by atoms with Gasteiger partial charge in [-0.25, -0.2) is 4.98 Å². The third-order valence-electron chi connectivity index (χ3n) is 6.01. The molecule has 4 rings (SSSR count). The maximum absolute atomic E-state index is 13.0. The Morgan fingerprint density at radius 1 is 1.09 bits per heavy atom. The van der Waals surface area contributed by atoms with E-state index in [9.17, 15) is 9.90 Å². The molecule has 1 amide bonds. The molecule has 2 aromatic carbocycles. The lowest BCUT2D eigenvalue weighted by Crippen LogP contribution is -2.35. The van der Waals surface area contributed by atoms with E-state index in [2.05, 4.69) is 21.0 Å². The molecule has 6 nitrogen and oxygen atoms in total. The van der Waals surface area contributed by atoms with Gasteiger partial charge in [-0.3, -0.25) is 4.79 Å². The van der Waals surface area contributed by atoms with Crippen molar-refractivity contribution in [3.63, 3.8) is 0 Å². The maximum Gasteiger partial charge on any atom is 0.251 e. The molecule has 1 aliphatic heterocycles. The van der Waals surface area contributed by atoms with Gasteiger partial charge in [0.25, 0.3) is 5.91 Å². The third kappa shape index (κ3) is 5.52. The number of aliphatic hydroxyl groups is 1. The van der Waals surface area contributed by atoms with Crippen molar-refractivity contribution in [2.75, 3.05) is 31.6 Å². The Bertz CT molecular complexity index is 1020. The summed E-state index contributed by atoms with van der Waals surface area (Å²) in [5.74, 6) is 1.61. The van der Waals surface area contributed by atoms with Crippen molar-refractivity contribution in [1.82, 2.24) is 19.8 Å². The average molecular weight is 453 g/mol. The van der Waals surface area contributed by atoms with Gasteiger partial charge in [0, 0.05) is 12.1 Å². The molecule has 1 aliphatic rings. The minimum Gasteiger partial charge on any atom is -0.390 e. The Morgan fingerprint density at radius 2 is 1.81 bits per heavy atom. The predicted octanol–water partition coefficient (Wildman–Crippen LogP) is 3.72. The van der Waals surface area contributed by atoms with Crippen LogP contribution in [-0.2, 0) is 6.54 Å². The molecule has 0 spiro atoms. The fourth-order valence-corrected chi connectivity index (χ4v) is 4.89. The largest absolute Gasteiger partial charge is 0.390 e. The Balaban J connectivity index is 1.62. The van der Waals surface area contributed by atoms with Crippen LogP contribution in [0.3, 0.4) is 0 Å². The summed E-state index contributed by atoms with van der Waals surface area (Å²) >= 11 is 1.75. The fraction of sp³-hybridized carbons (Fsp3) is 0.440. The van der Waals surface area contributed by atoms with Crippen LogP contribution in [0.2, 0.25) is 0 Å². The minimum absolute atomic E-state index is 0.104. The highest BCUT2D eigenvalue weighted by Gasteiger charge is 2.24. The summed E-state index contributed by atoms with van der Waals surface area (Å²) in [5, 5.41) is 14.1. The van der Waals surface area contributed by atoms with Crippen LogP contribution in [0.5, 0.6) is 0 Å². The van der Waals surface area contributed by atoms with Crippen molar-refractivity contribution < 1.29 is 9.90 Å². The molecule has 170 valence electrons. The zero-order valence-corrected chi connectivity index (χ0v) is 19.4. The Hall–Kier alpha value is -2.35. The normalized spacial score (nSPS) is 16.3. The number of amides is 1. The maximum atomic E-state index is 13.0. The second-order valence-electron chi connectivity index (χ2n) is 8.40. The van der Waals surface area contributed by atoms with Crippen LogP contribution < -0.4 is 5.32 Å². The molecule has 2 N–H and O–H groups in total. The number of carbonyl (C=O) groups excluding carboxylic acids is 1. The van der Waals surface area contributed by atoms with Gasteiger partial charge in [0.2, 0.25) is 0 Å². The van der Waals surface area contributed by atoms with Gasteiger partial charge in [-0.05, 0) is 68.6 Å². The van der Waals surface area contributed by atoms with E-state index in [1.807, 2.05) is 54.6 Å². The van der Waals surface area contributed by atoms with Crippen LogP contribution in [0.1, 0.15) is 41.5 Å². The number of rotatable bonds is 10. The van der Waals surface area contributed by atoms with Crippen LogP contribution in [0, 0.1) is 0 Å². The average Bonchev–Trinajstić information content (AvgIpc) is 3.45. The number of nitrogens with zero attached hydrogens (tertiary/aromatic N) is 3. The number of hydrogen-bond donors (Lipinski definition) is 2. The summed E-state index contributed by atoms with van der Waals surface area (Å²) in [7, 11) is 0. The van der Waals surface area contributed by atoms with Crippen LogP contribution in [0.25, 0.3) is 11.0 Å². The molecule has 2 atom stereocenters. The van der Waals surface area contributed by atoms with E-state index in [0.29, 0.717) is 18.7 Å². The molecule has 0 bridgehead atoms. The van der Waals surface area contributed by atoms with Crippen LogP contribution >= 0.6 is 11.8 Å². The molecule has 3 aromatic rings. The molecular formula is C25H32N4O2S. The lowest BCUT2D eigenvalue weighted by atomic mass is 10.1. The smallest absolute Gasteiger partial charge is 0.251 e. The number of thioether (sulfide) groups is 1. The molecule has 0 aliphatic carbocycles. The van der Waals surface area contributed by atoms with Gasteiger partial charge in [-0.15, -0.1) is 0 Å². The number of imidazole rings is 1. The van der Waals surface area contributed by atoms with E-state index >= 15 is 0 Å². The first kappa shape index (κ1) is 22.8. The van der Waals surface area contributed by atoms with Gasteiger partial charge < -0.3 is 19.9 Å². The topological polar surface area (TPSA) is 70.4 Å². The molecule has 32 heavy (non-hydrogen) atoms. The molecule has 2 heterocycles. The van der Waals surface area contributed by atoms with Crippen molar-refractivity contribution in [3.05, 3.63) is 66.0 Å². The number of para-hydroxylation sites is 2. The minimum atomic E-state index is -0.490. The zero-order valence-electron chi connectivity index (χ0n) is 18.6. The Labute approximate surface area is 194 Å². The van der Waals surface area contributed by atoms with Crippen LogP contribution in [0.15, 0.2) is 54.6 Å². The molecule has 1 aromatic heterocycles. The Kier molecular flexibility index (Phi) is 7.84. The number of fused-ring (bicyclic) bond motifs is 1. The molecule has 1 saturated heterocycles. The van der Waals surface area contributed by atoms with E-state index in [4.69, 9.17) is 4.98 Å². The van der Waals surface area contributed by atoms with Gasteiger partial charge >= 0.3 is 0 Å². The lowest BCUT2D eigenvalue weighted by molar-refractivity contribution is 0.0929. The van der Waals surface area contributed by atoms with E-state index in [1.165, 1.54) is 12.8 Å². The standard InChI is InChI=1S/C25H32N4O2S/c1-32-16-13-22(27-25(31)19-9-3-2-4-10-19)24-26-21-11-5-6-12-23(21)29(24)18-20(30)17-28-14-7-8-15-28/h2-6,9-12,20,22,30H,7-8,13-18H2,1H3,(H,27,31)/t20-,22+/m0/s1. The van der Waals surface area contributed by atoms with E-state index < -0.39 is 6.10 Å². The SMILES string of the molecule is CSCC[C@@H](NC(=O)c1ccccc1)c1nc2ccccc2n1C[C@@H](O)CN1CCCC1. The lowest BCUT2D eigenvalue weighted by Gasteiger charge is -2.23. The zero-order chi connectivity index (χ0) is 22.3. The highest BCUT2D eigenvalue weighted by Crippen LogP contribution is 2.25. The number of hydrogen-bond acceptors (Lipinski definition) is 5. The number of β-amino-alcohol motifs (C(OH)–C–C–N with tert-alkyl or cyclic N) is 1. The van der Waals surface area contributed by atoms with E-state index in [-0.39, 0.29) is 11.9 Å². The highest BCUT2D eigenvalue weighted by molar-refractivity contribution is 7.98. The first-order valence-corrected chi connectivity index (χ1v) is 12.8. The Morgan fingerprint density at radius 3 is 2.56 bits per heavy atom. The first-order valence-electron chi connectivity index (χ1n) is 11.4. The highest BCUT2D eigenvalue weighted by atomic mass is 32.2. The number of nitrogens with one attached hydrogen (secondary N) is 1. The van der Waals surface area contributed by atoms with Gasteiger partial charge in [0.15, 0.2) is 0 Å². The summed E-state index contributed by atoms with van der Waals surface area (Å²) in [6, 6.07) is 17.1. The summed E-state index contributed by atoms with van der Waals surface area (Å²) in [6.07, 6.45) is 4.75. The third-order valence-corrected chi connectivity index (χ3v) is 6.65. The summed E-state index contributed by atoms with van der Waals surface area (Å²) in [5.41, 5.74) is 2.52. The molecule has 0 unspecified atom stereocenters. The van der Waals surface area contributed by atoms with Crippen LogP contribution in [-0.4, -0.2) is 63.2 Å². The number of aliphatic hydroxyl groups excluding tert-OH is 1. The summed E-state index contributed by atoms with van der Waals surface area (Å²) < 4.78 is 2.10. The molecule has 7 heteroatoms. The van der Waals surface area contributed by atoms with Crippen molar-refractivity contribution in [1.29, 1.82) is 0 Å². The number of benzene rings is 2. The van der Waals surface area contributed by atoms with Gasteiger partial charge in [-0.1, -0.05) is 30.3 Å². The predicted molar refractivity (Wildman–Crippen MR) is 131 cm³/mol. The van der Waals surface area contributed by atoms with Crippen molar-refractivity contribution in [2.45, 2.75) is 38.0 Å². The quantitative estimate of drug-likeness (QED) is 0.491. The van der Waals surface area contributed by atoms with Crippen LogP contribution in [0.4, 0.5) is 0 Å². The first-order chi connectivity index (χ1) is 15.7. The second-order valence-corrected chi connectivity index (χ2v) is 9.39. The number of aromatic nitrogens is 2. The van der Waals surface area contributed by atoms with Gasteiger partial charge in [0.05, 0.1) is 29.7 Å². The van der Waals surface area contributed by atoms with Gasteiger partial charge in [-0.2, -0.15) is 11.8 Å². The molecule has 1 fully saturated rings. The summed E-state index contributed by atoms with van der Waals surface area (Å²) in [4.78, 5) is 20.2. The molecule has 0 radical (unpaired) electrons. The molecular weight excluding hydrogens is 420 g/mol. The van der Waals surface area contributed by atoms with E-state index in [0.717, 1.165) is 42.1 Å². The fourth-order valence-electron chi connectivity index (χ4n) is 4.42. The number of carbonyl (C=O) groups is 1. The molecule has 0 saturated carbocycles. The second kappa shape index (κ2) is 11.0. The van der Waals surface area contributed by atoms with Crippen molar-refractivity contribution in [2.24, 2.45) is 0 Å². The monoisotopic (exact) mass is 452 g/mol. The van der Waals surface area contributed by atoms with Gasteiger partial charge in [0.1, 0.15) is 5.82 Å². The summed E-state index contributed by atoms with van der Waals surface area (Å²) in [6.45, 7) is 3.23.